The number of aromatic nitrogens is 2. The van der Waals surface area contributed by atoms with Crippen LogP contribution in [0.2, 0.25) is 0 Å². The first-order valence-corrected chi connectivity index (χ1v) is 6.30. The summed E-state index contributed by atoms with van der Waals surface area (Å²) < 4.78 is 0. The molecule has 3 heteroatoms. The molecule has 0 radical (unpaired) electrons. The van der Waals surface area contributed by atoms with E-state index in [4.69, 9.17) is 5.73 Å². The molecule has 0 spiro atoms. The number of hydrogen-bond donors (Lipinski definition) is 1. The average molecular weight is 219 g/mol. The molecule has 1 aliphatic carbocycles. The Labute approximate surface area is 97.5 Å². The maximum atomic E-state index is 5.48. The van der Waals surface area contributed by atoms with E-state index in [-0.39, 0.29) is 0 Å². The van der Waals surface area contributed by atoms with Gasteiger partial charge >= 0.3 is 0 Å². The summed E-state index contributed by atoms with van der Waals surface area (Å²) in [7, 11) is 0. The molecule has 1 heterocycles. The molecule has 0 saturated heterocycles. The zero-order chi connectivity index (χ0) is 11.4. The lowest BCUT2D eigenvalue weighted by atomic mass is 9.80. The van der Waals surface area contributed by atoms with Crippen molar-refractivity contribution in [2.24, 2.45) is 11.7 Å². The van der Waals surface area contributed by atoms with Gasteiger partial charge in [-0.15, -0.1) is 0 Å². The van der Waals surface area contributed by atoms with Crippen molar-refractivity contribution in [3.63, 3.8) is 0 Å². The van der Waals surface area contributed by atoms with Crippen molar-refractivity contribution in [3.05, 3.63) is 23.8 Å². The van der Waals surface area contributed by atoms with Crippen molar-refractivity contribution < 1.29 is 0 Å². The normalized spacial score (nSPS) is 25.6. The van der Waals surface area contributed by atoms with Gasteiger partial charge in [-0.05, 0) is 36.8 Å². The van der Waals surface area contributed by atoms with E-state index in [0.717, 1.165) is 18.2 Å². The topological polar surface area (TPSA) is 51.8 Å². The Bertz CT molecular complexity index is 312. The summed E-state index contributed by atoms with van der Waals surface area (Å²) in [5, 5.41) is 0. The smallest absolute Gasteiger partial charge is 0.129 e. The number of nitrogens with two attached hydrogens (primary N) is 1. The molecular formula is C13H21N3. The number of rotatable bonds is 3. The molecule has 2 rings (SSSR count). The second kappa shape index (κ2) is 5.39. The standard InChI is InChI=1S/C13H21N3/c1-10-2-4-11(5-3-10)12-8-15-13(6-7-14)16-9-12/h8-11H,2-7,14H2,1H3. The van der Waals surface area contributed by atoms with Crippen molar-refractivity contribution in [3.8, 4) is 0 Å². The van der Waals surface area contributed by atoms with Crippen LogP contribution in [0.3, 0.4) is 0 Å². The molecule has 0 bridgehead atoms. The van der Waals surface area contributed by atoms with Crippen molar-refractivity contribution in [2.45, 2.75) is 44.9 Å². The second-order valence-corrected chi connectivity index (χ2v) is 4.93. The van der Waals surface area contributed by atoms with E-state index in [1.54, 1.807) is 0 Å². The van der Waals surface area contributed by atoms with Crippen LogP contribution in [0.15, 0.2) is 12.4 Å². The summed E-state index contributed by atoms with van der Waals surface area (Å²) in [6, 6.07) is 0. The Morgan fingerprint density at radius 2 is 1.81 bits per heavy atom. The molecule has 0 amide bonds. The van der Waals surface area contributed by atoms with E-state index in [2.05, 4.69) is 16.9 Å². The molecule has 0 atom stereocenters. The summed E-state index contributed by atoms with van der Waals surface area (Å²) in [5.74, 6) is 2.45. The molecule has 88 valence electrons. The van der Waals surface area contributed by atoms with Gasteiger partial charge in [0.2, 0.25) is 0 Å². The molecule has 1 fully saturated rings. The fraction of sp³-hybridized carbons (Fsp3) is 0.692. The lowest BCUT2D eigenvalue weighted by Gasteiger charge is -2.25. The first-order valence-electron chi connectivity index (χ1n) is 6.30. The van der Waals surface area contributed by atoms with Crippen LogP contribution in [0.5, 0.6) is 0 Å². The van der Waals surface area contributed by atoms with Gasteiger partial charge in [-0.3, -0.25) is 0 Å². The zero-order valence-electron chi connectivity index (χ0n) is 10.0. The van der Waals surface area contributed by atoms with Gasteiger partial charge in [0.1, 0.15) is 5.82 Å². The highest BCUT2D eigenvalue weighted by molar-refractivity contribution is 5.12. The van der Waals surface area contributed by atoms with Crippen LogP contribution in [0.4, 0.5) is 0 Å². The molecule has 0 aliphatic heterocycles. The van der Waals surface area contributed by atoms with E-state index < -0.39 is 0 Å². The Kier molecular flexibility index (Phi) is 3.88. The largest absolute Gasteiger partial charge is 0.330 e. The Morgan fingerprint density at radius 1 is 1.19 bits per heavy atom. The van der Waals surface area contributed by atoms with E-state index in [1.807, 2.05) is 12.4 Å². The minimum Gasteiger partial charge on any atom is -0.330 e. The van der Waals surface area contributed by atoms with Crippen molar-refractivity contribution in [2.75, 3.05) is 6.54 Å². The van der Waals surface area contributed by atoms with E-state index in [1.165, 1.54) is 31.2 Å². The van der Waals surface area contributed by atoms with E-state index >= 15 is 0 Å². The van der Waals surface area contributed by atoms with Crippen molar-refractivity contribution >= 4 is 0 Å². The first kappa shape index (κ1) is 11.5. The van der Waals surface area contributed by atoms with Gasteiger partial charge in [0, 0.05) is 18.8 Å². The molecule has 2 N–H and O–H groups in total. The summed E-state index contributed by atoms with van der Waals surface area (Å²) in [5.41, 5.74) is 6.79. The molecule has 0 aromatic carbocycles. The van der Waals surface area contributed by atoms with Crippen LogP contribution in [0.1, 0.15) is 49.9 Å². The second-order valence-electron chi connectivity index (χ2n) is 4.93. The minimum absolute atomic E-state index is 0.625. The van der Waals surface area contributed by atoms with Gasteiger partial charge < -0.3 is 5.73 Å². The fourth-order valence-corrected chi connectivity index (χ4v) is 2.43. The lowest BCUT2D eigenvalue weighted by Crippen LogP contribution is -2.12. The highest BCUT2D eigenvalue weighted by Crippen LogP contribution is 2.34. The fourth-order valence-electron chi connectivity index (χ4n) is 2.43. The van der Waals surface area contributed by atoms with Crippen LogP contribution in [-0.4, -0.2) is 16.5 Å². The van der Waals surface area contributed by atoms with Gasteiger partial charge in [0.25, 0.3) is 0 Å². The molecular weight excluding hydrogens is 198 g/mol. The number of hydrogen-bond acceptors (Lipinski definition) is 3. The molecule has 1 saturated carbocycles. The summed E-state index contributed by atoms with van der Waals surface area (Å²) in [4.78, 5) is 8.74. The maximum absolute atomic E-state index is 5.48. The Hall–Kier alpha value is -0.960. The van der Waals surface area contributed by atoms with Gasteiger partial charge in [0.15, 0.2) is 0 Å². The molecule has 3 nitrogen and oxygen atoms in total. The average Bonchev–Trinajstić information content (AvgIpc) is 2.32. The Balaban J connectivity index is 1.98. The highest BCUT2D eigenvalue weighted by Gasteiger charge is 2.20. The van der Waals surface area contributed by atoms with Crippen molar-refractivity contribution in [1.29, 1.82) is 0 Å². The zero-order valence-corrected chi connectivity index (χ0v) is 10.0. The summed E-state index contributed by atoms with van der Waals surface area (Å²) >= 11 is 0. The van der Waals surface area contributed by atoms with Gasteiger partial charge in [-0.1, -0.05) is 19.8 Å². The Morgan fingerprint density at radius 3 is 2.38 bits per heavy atom. The van der Waals surface area contributed by atoms with Crippen LogP contribution < -0.4 is 5.73 Å². The van der Waals surface area contributed by atoms with Gasteiger partial charge in [-0.2, -0.15) is 0 Å². The molecule has 1 aliphatic rings. The quantitative estimate of drug-likeness (QED) is 0.848. The molecule has 1 aromatic heterocycles. The van der Waals surface area contributed by atoms with E-state index in [9.17, 15) is 0 Å². The van der Waals surface area contributed by atoms with Gasteiger partial charge in [-0.25, -0.2) is 9.97 Å². The maximum Gasteiger partial charge on any atom is 0.129 e. The highest BCUT2D eigenvalue weighted by atomic mass is 14.9. The summed E-state index contributed by atoms with van der Waals surface area (Å²) in [6.07, 6.45) is 10.0. The van der Waals surface area contributed by atoms with Gasteiger partial charge in [0.05, 0.1) is 0 Å². The van der Waals surface area contributed by atoms with E-state index in [0.29, 0.717) is 12.5 Å². The monoisotopic (exact) mass is 219 g/mol. The van der Waals surface area contributed by atoms with Crippen molar-refractivity contribution in [1.82, 2.24) is 9.97 Å². The SMILES string of the molecule is CC1CCC(c2cnc(CCN)nc2)CC1. The lowest BCUT2D eigenvalue weighted by molar-refractivity contribution is 0.347. The van der Waals surface area contributed by atoms with Crippen LogP contribution in [-0.2, 0) is 6.42 Å². The molecule has 0 unspecified atom stereocenters. The number of nitrogens with zero attached hydrogens (tertiary/aromatic N) is 2. The summed E-state index contributed by atoms with van der Waals surface area (Å²) in [6.45, 7) is 2.97. The third-order valence-electron chi connectivity index (χ3n) is 3.58. The van der Waals surface area contributed by atoms with Crippen LogP contribution >= 0.6 is 0 Å². The molecule has 16 heavy (non-hydrogen) atoms. The third kappa shape index (κ3) is 2.79. The predicted molar refractivity (Wildman–Crippen MR) is 65.2 cm³/mol. The molecule has 1 aromatic rings. The van der Waals surface area contributed by atoms with Crippen LogP contribution in [0, 0.1) is 5.92 Å². The first-order chi connectivity index (χ1) is 7.79. The third-order valence-corrected chi connectivity index (χ3v) is 3.58. The predicted octanol–water partition coefficient (Wildman–Crippen LogP) is 2.27. The van der Waals surface area contributed by atoms with Crippen LogP contribution in [0.25, 0.3) is 0 Å². The minimum atomic E-state index is 0.625.